The highest BCUT2D eigenvalue weighted by atomic mass is 79.9. The lowest BCUT2D eigenvalue weighted by molar-refractivity contribution is 0.472. The van der Waals surface area contributed by atoms with Crippen LogP contribution in [0.1, 0.15) is 31.7 Å². The molecule has 1 heterocycles. The number of rotatable bonds is 2. The van der Waals surface area contributed by atoms with Crippen LogP contribution >= 0.6 is 15.9 Å². The van der Waals surface area contributed by atoms with Gasteiger partial charge in [0.1, 0.15) is 0 Å². The van der Waals surface area contributed by atoms with E-state index in [0.29, 0.717) is 5.92 Å². The summed E-state index contributed by atoms with van der Waals surface area (Å²) in [5.74, 6) is 1.45. The van der Waals surface area contributed by atoms with Crippen molar-refractivity contribution >= 4 is 21.6 Å². The molecule has 1 N–H and O–H groups in total. The molecule has 0 aromatic heterocycles. The minimum absolute atomic E-state index is 0.687. The number of hydrogen-bond acceptors (Lipinski definition) is 1. The number of halogens is 1. The largest absolute Gasteiger partial charge is 0.384 e. The van der Waals surface area contributed by atoms with Gasteiger partial charge in [-0.05, 0) is 29.7 Å². The maximum absolute atomic E-state index is 3.54. The van der Waals surface area contributed by atoms with Crippen LogP contribution in [0.2, 0.25) is 0 Å². The molecule has 0 saturated carbocycles. The number of hydrogen-bond donors (Lipinski definition) is 1. The van der Waals surface area contributed by atoms with Crippen molar-refractivity contribution in [3.05, 3.63) is 28.2 Å². The molecule has 0 spiro atoms. The van der Waals surface area contributed by atoms with Crippen LogP contribution in [0.3, 0.4) is 0 Å². The fourth-order valence-corrected chi connectivity index (χ4v) is 2.50. The van der Waals surface area contributed by atoms with E-state index in [1.54, 1.807) is 0 Å². The predicted octanol–water partition coefficient (Wildman–Crippen LogP) is 4.00. The van der Waals surface area contributed by atoms with Gasteiger partial charge in [-0.15, -0.1) is 0 Å². The van der Waals surface area contributed by atoms with Gasteiger partial charge in [0.2, 0.25) is 0 Å². The van der Waals surface area contributed by atoms with Crippen molar-refractivity contribution < 1.29 is 0 Å². The van der Waals surface area contributed by atoms with E-state index in [1.807, 2.05) is 0 Å². The molecular formula is C12H16BrN. The summed E-state index contributed by atoms with van der Waals surface area (Å²) in [5, 5.41) is 3.47. The Hall–Kier alpha value is -0.500. The first kappa shape index (κ1) is 10.0. The van der Waals surface area contributed by atoms with Crippen LogP contribution in [0.25, 0.3) is 0 Å². The van der Waals surface area contributed by atoms with E-state index in [0.717, 1.165) is 12.5 Å². The van der Waals surface area contributed by atoms with Gasteiger partial charge in [-0.2, -0.15) is 0 Å². The molecular weight excluding hydrogens is 238 g/mol. The number of nitrogens with one attached hydrogen (secondary N) is 1. The molecule has 76 valence electrons. The Bertz CT molecular complexity index is 335. The van der Waals surface area contributed by atoms with Crippen molar-refractivity contribution in [2.75, 3.05) is 11.9 Å². The van der Waals surface area contributed by atoms with E-state index in [1.165, 1.54) is 22.1 Å². The molecule has 0 aliphatic carbocycles. The molecule has 0 radical (unpaired) electrons. The summed E-state index contributed by atoms with van der Waals surface area (Å²) < 4.78 is 1.19. The van der Waals surface area contributed by atoms with Crippen molar-refractivity contribution in [1.82, 2.24) is 0 Å². The monoisotopic (exact) mass is 253 g/mol. The Kier molecular flexibility index (Phi) is 2.82. The molecule has 1 aliphatic rings. The molecule has 2 rings (SSSR count). The molecule has 1 aromatic carbocycles. The van der Waals surface area contributed by atoms with Crippen molar-refractivity contribution in [1.29, 1.82) is 0 Å². The molecule has 0 saturated heterocycles. The van der Waals surface area contributed by atoms with Crippen molar-refractivity contribution in [3.8, 4) is 0 Å². The van der Waals surface area contributed by atoms with E-state index >= 15 is 0 Å². The zero-order valence-electron chi connectivity index (χ0n) is 8.68. The minimum Gasteiger partial charge on any atom is -0.384 e. The van der Waals surface area contributed by atoms with Crippen molar-refractivity contribution in [3.63, 3.8) is 0 Å². The highest BCUT2D eigenvalue weighted by molar-refractivity contribution is 9.10. The summed E-state index contributed by atoms with van der Waals surface area (Å²) in [4.78, 5) is 0. The lowest BCUT2D eigenvalue weighted by atomic mass is 9.87. The van der Waals surface area contributed by atoms with Gasteiger partial charge in [0.05, 0.1) is 0 Å². The van der Waals surface area contributed by atoms with E-state index in [4.69, 9.17) is 0 Å². The molecule has 2 unspecified atom stereocenters. The molecule has 0 fully saturated rings. The Morgan fingerprint density at radius 1 is 1.57 bits per heavy atom. The summed E-state index contributed by atoms with van der Waals surface area (Å²) in [6, 6.07) is 6.53. The molecule has 1 aromatic rings. The van der Waals surface area contributed by atoms with E-state index in [2.05, 4.69) is 53.3 Å². The topological polar surface area (TPSA) is 12.0 Å². The van der Waals surface area contributed by atoms with Gasteiger partial charge in [-0.25, -0.2) is 0 Å². The van der Waals surface area contributed by atoms with Crippen LogP contribution < -0.4 is 5.32 Å². The Morgan fingerprint density at radius 3 is 3.07 bits per heavy atom. The smallest absolute Gasteiger partial charge is 0.0377 e. The van der Waals surface area contributed by atoms with Gasteiger partial charge < -0.3 is 5.32 Å². The average Bonchev–Trinajstić information content (AvgIpc) is 2.59. The highest BCUT2D eigenvalue weighted by Crippen LogP contribution is 2.38. The average molecular weight is 254 g/mol. The lowest BCUT2D eigenvalue weighted by Gasteiger charge is -2.17. The maximum Gasteiger partial charge on any atom is 0.0377 e. The SMILES string of the molecule is CCC(C)C1CNc2ccc(Br)cc21. The van der Waals surface area contributed by atoms with Gasteiger partial charge in [-0.1, -0.05) is 36.2 Å². The second-order valence-electron chi connectivity index (χ2n) is 4.10. The first-order chi connectivity index (χ1) is 6.72. The van der Waals surface area contributed by atoms with Gasteiger partial charge in [0.25, 0.3) is 0 Å². The Morgan fingerprint density at radius 2 is 2.36 bits per heavy atom. The summed E-state index contributed by atoms with van der Waals surface area (Å²) in [5.41, 5.74) is 2.80. The van der Waals surface area contributed by atoms with Crippen LogP contribution in [-0.2, 0) is 0 Å². The van der Waals surface area contributed by atoms with Crippen molar-refractivity contribution in [2.24, 2.45) is 5.92 Å². The lowest BCUT2D eigenvalue weighted by Crippen LogP contribution is -2.10. The van der Waals surface area contributed by atoms with E-state index < -0.39 is 0 Å². The normalized spacial score (nSPS) is 21.5. The quantitative estimate of drug-likeness (QED) is 0.840. The zero-order chi connectivity index (χ0) is 10.1. The third kappa shape index (κ3) is 1.68. The summed E-state index contributed by atoms with van der Waals surface area (Å²) in [6.45, 7) is 5.70. The standard InChI is InChI=1S/C12H16BrN/c1-3-8(2)11-7-14-12-5-4-9(13)6-10(11)12/h4-6,8,11,14H,3,7H2,1-2H3. The van der Waals surface area contributed by atoms with Crippen LogP contribution in [0.15, 0.2) is 22.7 Å². The van der Waals surface area contributed by atoms with Gasteiger partial charge >= 0.3 is 0 Å². The van der Waals surface area contributed by atoms with E-state index in [-0.39, 0.29) is 0 Å². The zero-order valence-corrected chi connectivity index (χ0v) is 10.3. The second-order valence-corrected chi connectivity index (χ2v) is 5.02. The number of anilines is 1. The first-order valence-corrected chi connectivity index (χ1v) is 6.05. The third-order valence-corrected chi connectivity index (χ3v) is 3.75. The number of benzene rings is 1. The molecule has 1 nitrogen and oxygen atoms in total. The molecule has 0 amide bonds. The minimum atomic E-state index is 0.687. The van der Waals surface area contributed by atoms with Crippen LogP contribution in [-0.4, -0.2) is 6.54 Å². The van der Waals surface area contributed by atoms with Crippen LogP contribution in [0, 0.1) is 5.92 Å². The van der Waals surface area contributed by atoms with Gasteiger partial charge in [0.15, 0.2) is 0 Å². The predicted molar refractivity (Wildman–Crippen MR) is 64.8 cm³/mol. The number of fused-ring (bicyclic) bond motifs is 1. The maximum atomic E-state index is 3.54. The summed E-state index contributed by atoms with van der Waals surface area (Å²) in [7, 11) is 0. The fraction of sp³-hybridized carbons (Fsp3) is 0.500. The molecule has 0 bridgehead atoms. The Balaban J connectivity index is 2.33. The van der Waals surface area contributed by atoms with Gasteiger partial charge in [0, 0.05) is 22.6 Å². The summed E-state index contributed by atoms with van der Waals surface area (Å²) in [6.07, 6.45) is 1.25. The van der Waals surface area contributed by atoms with Crippen LogP contribution in [0.4, 0.5) is 5.69 Å². The molecule has 1 aliphatic heterocycles. The van der Waals surface area contributed by atoms with Gasteiger partial charge in [-0.3, -0.25) is 0 Å². The molecule has 2 atom stereocenters. The fourth-order valence-electron chi connectivity index (χ4n) is 2.12. The highest BCUT2D eigenvalue weighted by Gasteiger charge is 2.25. The third-order valence-electron chi connectivity index (χ3n) is 3.26. The summed E-state index contributed by atoms with van der Waals surface area (Å²) >= 11 is 3.54. The van der Waals surface area contributed by atoms with Crippen LogP contribution in [0.5, 0.6) is 0 Å². The second kappa shape index (κ2) is 3.93. The first-order valence-electron chi connectivity index (χ1n) is 5.25. The van der Waals surface area contributed by atoms with Crippen molar-refractivity contribution in [2.45, 2.75) is 26.2 Å². The molecule has 14 heavy (non-hydrogen) atoms. The Labute approximate surface area is 94.0 Å². The van der Waals surface area contributed by atoms with E-state index in [9.17, 15) is 0 Å². The molecule has 2 heteroatoms.